The van der Waals surface area contributed by atoms with Gasteiger partial charge in [0.2, 0.25) is 5.91 Å². The van der Waals surface area contributed by atoms with Crippen molar-refractivity contribution < 1.29 is 13.2 Å². The Labute approximate surface area is 151 Å². The molecule has 6 heteroatoms. The van der Waals surface area contributed by atoms with E-state index >= 15 is 0 Å². The van der Waals surface area contributed by atoms with Crippen molar-refractivity contribution in [3.8, 4) is 0 Å². The number of benzene rings is 1. The Bertz CT molecular complexity index is 668. The number of piperazine rings is 1. The summed E-state index contributed by atoms with van der Waals surface area (Å²) in [6.45, 7) is 7.94. The molecule has 0 bridgehead atoms. The van der Waals surface area contributed by atoms with Crippen LogP contribution in [0.25, 0.3) is 0 Å². The Balaban J connectivity index is 2.05. The van der Waals surface area contributed by atoms with Crippen LogP contribution < -0.4 is 5.32 Å². The van der Waals surface area contributed by atoms with Gasteiger partial charge >= 0.3 is 0 Å². The highest BCUT2D eigenvalue weighted by Gasteiger charge is 2.28. The molecule has 25 heavy (non-hydrogen) atoms. The highest BCUT2D eigenvalue weighted by Crippen LogP contribution is 2.23. The maximum atomic E-state index is 12.7. The molecule has 1 unspecified atom stereocenters. The second-order valence-electron chi connectivity index (χ2n) is 7.16. The van der Waals surface area contributed by atoms with Crippen LogP contribution in [0.3, 0.4) is 0 Å². The lowest BCUT2D eigenvalue weighted by molar-refractivity contribution is -0.134. The maximum Gasteiger partial charge on any atom is 0.224 e. The van der Waals surface area contributed by atoms with Gasteiger partial charge in [0, 0.05) is 26.1 Å². The highest BCUT2D eigenvalue weighted by atomic mass is 32.2. The third kappa shape index (κ3) is 5.82. The Morgan fingerprint density at radius 1 is 1.28 bits per heavy atom. The third-order valence-corrected chi connectivity index (χ3v) is 6.55. The molecule has 1 aliphatic rings. The first-order chi connectivity index (χ1) is 11.8. The van der Waals surface area contributed by atoms with Crippen LogP contribution in [0.2, 0.25) is 0 Å². The molecular formula is C19H30N2O3S. The predicted octanol–water partition coefficient (Wildman–Crippen LogP) is 2.18. The second kappa shape index (κ2) is 8.81. The van der Waals surface area contributed by atoms with Gasteiger partial charge in [-0.15, -0.1) is 0 Å². The quantitative estimate of drug-likeness (QED) is 0.803. The molecule has 0 spiro atoms. The van der Waals surface area contributed by atoms with Crippen LogP contribution in [0.5, 0.6) is 0 Å². The topological polar surface area (TPSA) is 66.5 Å². The van der Waals surface area contributed by atoms with Crippen molar-refractivity contribution in [1.29, 1.82) is 0 Å². The molecule has 1 aliphatic heterocycles. The number of sulfone groups is 1. The van der Waals surface area contributed by atoms with E-state index in [1.165, 1.54) is 5.56 Å². The first-order valence-corrected chi connectivity index (χ1v) is 10.9. The molecule has 1 heterocycles. The smallest absolute Gasteiger partial charge is 0.224 e. The van der Waals surface area contributed by atoms with Gasteiger partial charge in [-0.1, -0.05) is 45.0 Å². The van der Waals surface area contributed by atoms with Crippen LogP contribution in [0, 0.1) is 5.92 Å². The fourth-order valence-corrected chi connectivity index (χ4v) is 4.92. The van der Waals surface area contributed by atoms with Gasteiger partial charge in [0.05, 0.1) is 17.5 Å². The molecule has 1 atom stereocenters. The summed E-state index contributed by atoms with van der Waals surface area (Å²) in [5.41, 5.74) is 2.37. The summed E-state index contributed by atoms with van der Waals surface area (Å²) in [5, 5.41) is 3.33. The SMILES string of the molecule is CCc1ccc(C2CNCCN2C(=O)CCS(=O)(=O)CC(C)C)cc1. The molecule has 5 nitrogen and oxygen atoms in total. The van der Waals surface area contributed by atoms with Crippen LogP contribution in [0.1, 0.15) is 44.4 Å². The minimum Gasteiger partial charge on any atom is -0.333 e. The van der Waals surface area contributed by atoms with Gasteiger partial charge in [-0.25, -0.2) is 8.42 Å². The number of aryl methyl sites for hydroxylation is 1. The molecule has 140 valence electrons. The number of carbonyl (C=O) groups excluding carboxylic acids is 1. The Morgan fingerprint density at radius 3 is 2.56 bits per heavy atom. The van der Waals surface area contributed by atoms with Crippen molar-refractivity contribution in [3.05, 3.63) is 35.4 Å². The first-order valence-electron chi connectivity index (χ1n) is 9.12. The van der Waals surface area contributed by atoms with E-state index in [1.807, 2.05) is 18.7 Å². The standard InChI is InChI=1S/C19H30N2O3S/c1-4-16-5-7-17(8-6-16)18-13-20-10-11-21(18)19(22)9-12-25(23,24)14-15(2)3/h5-8,15,18,20H,4,9-14H2,1-3H3. The Hall–Kier alpha value is -1.40. The molecule has 1 aromatic carbocycles. The van der Waals surface area contributed by atoms with Gasteiger partial charge in [-0.05, 0) is 23.5 Å². The number of carbonyl (C=O) groups is 1. The summed E-state index contributed by atoms with van der Waals surface area (Å²) in [7, 11) is -3.17. The number of rotatable bonds is 7. The number of nitrogens with zero attached hydrogens (tertiary/aromatic N) is 1. The average molecular weight is 367 g/mol. The second-order valence-corrected chi connectivity index (χ2v) is 9.39. The zero-order chi connectivity index (χ0) is 18.4. The van der Waals surface area contributed by atoms with E-state index in [4.69, 9.17) is 0 Å². The van der Waals surface area contributed by atoms with E-state index in [1.54, 1.807) is 0 Å². The molecule has 1 N–H and O–H groups in total. The summed E-state index contributed by atoms with van der Waals surface area (Å²) in [6.07, 6.45) is 1.05. The van der Waals surface area contributed by atoms with Crippen molar-refractivity contribution in [2.24, 2.45) is 5.92 Å². The van der Waals surface area contributed by atoms with E-state index in [0.717, 1.165) is 18.5 Å². The maximum absolute atomic E-state index is 12.7. The lowest BCUT2D eigenvalue weighted by Crippen LogP contribution is -2.49. The Morgan fingerprint density at radius 2 is 1.96 bits per heavy atom. The summed E-state index contributed by atoms with van der Waals surface area (Å²) in [4.78, 5) is 14.5. The van der Waals surface area contributed by atoms with Gasteiger partial charge in [-0.3, -0.25) is 4.79 Å². The molecule has 1 fully saturated rings. The van der Waals surface area contributed by atoms with Crippen LogP contribution in [0.4, 0.5) is 0 Å². The van der Waals surface area contributed by atoms with Gasteiger partial charge in [0.25, 0.3) is 0 Å². The van der Waals surface area contributed by atoms with E-state index in [0.29, 0.717) is 13.1 Å². The molecule has 1 aromatic rings. The molecule has 2 rings (SSSR count). The zero-order valence-corrected chi connectivity index (χ0v) is 16.3. The zero-order valence-electron chi connectivity index (χ0n) is 15.5. The predicted molar refractivity (Wildman–Crippen MR) is 101 cm³/mol. The van der Waals surface area contributed by atoms with Gasteiger partial charge in [-0.2, -0.15) is 0 Å². The first kappa shape index (κ1) is 19.9. The lowest BCUT2D eigenvalue weighted by atomic mass is 10.0. The number of hydrogen-bond acceptors (Lipinski definition) is 4. The Kier molecular flexibility index (Phi) is 7.02. The van der Waals surface area contributed by atoms with Crippen molar-refractivity contribution >= 4 is 15.7 Å². The summed E-state index contributed by atoms with van der Waals surface area (Å²) in [6, 6.07) is 8.32. The summed E-state index contributed by atoms with van der Waals surface area (Å²) in [5.74, 6) is 0.0987. The lowest BCUT2D eigenvalue weighted by Gasteiger charge is -2.36. The number of hydrogen-bond donors (Lipinski definition) is 1. The highest BCUT2D eigenvalue weighted by molar-refractivity contribution is 7.91. The van der Waals surface area contributed by atoms with E-state index < -0.39 is 9.84 Å². The third-order valence-electron chi connectivity index (χ3n) is 4.55. The van der Waals surface area contributed by atoms with Gasteiger partial charge < -0.3 is 10.2 Å². The average Bonchev–Trinajstić information content (AvgIpc) is 2.59. The van der Waals surface area contributed by atoms with Crippen LogP contribution in [0.15, 0.2) is 24.3 Å². The number of nitrogens with one attached hydrogen (secondary N) is 1. The van der Waals surface area contributed by atoms with Gasteiger partial charge in [0.1, 0.15) is 0 Å². The van der Waals surface area contributed by atoms with Crippen molar-refractivity contribution in [1.82, 2.24) is 10.2 Å². The van der Waals surface area contributed by atoms with E-state index in [-0.39, 0.29) is 35.8 Å². The van der Waals surface area contributed by atoms with Crippen molar-refractivity contribution in [3.63, 3.8) is 0 Å². The van der Waals surface area contributed by atoms with Crippen molar-refractivity contribution in [2.75, 3.05) is 31.1 Å². The monoisotopic (exact) mass is 366 g/mol. The summed E-state index contributed by atoms with van der Waals surface area (Å²) >= 11 is 0. The van der Waals surface area contributed by atoms with E-state index in [2.05, 4.69) is 36.5 Å². The van der Waals surface area contributed by atoms with Crippen LogP contribution in [-0.4, -0.2) is 50.4 Å². The van der Waals surface area contributed by atoms with Crippen LogP contribution in [-0.2, 0) is 21.1 Å². The molecule has 0 radical (unpaired) electrons. The van der Waals surface area contributed by atoms with Gasteiger partial charge in [0.15, 0.2) is 9.84 Å². The van der Waals surface area contributed by atoms with E-state index in [9.17, 15) is 13.2 Å². The fourth-order valence-electron chi connectivity index (χ4n) is 3.25. The largest absolute Gasteiger partial charge is 0.333 e. The molecule has 0 aliphatic carbocycles. The molecule has 0 saturated carbocycles. The van der Waals surface area contributed by atoms with Crippen LogP contribution >= 0.6 is 0 Å². The van der Waals surface area contributed by atoms with Crippen molar-refractivity contribution in [2.45, 2.75) is 39.7 Å². The molecule has 0 aromatic heterocycles. The molecule has 1 saturated heterocycles. The number of amides is 1. The summed E-state index contributed by atoms with van der Waals surface area (Å²) < 4.78 is 24.1. The molecule has 1 amide bonds. The minimum absolute atomic E-state index is 0.0278. The fraction of sp³-hybridized carbons (Fsp3) is 0.632. The normalized spacial score (nSPS) is 18.6. The minimum atomic E-state index is -3.17. The molecular weight excluding hydrogens is 336 g/mol.